The second kappa shape index (κ2) is 11.4. The van der Waals surface area contributed by atoms with Gasteiger partial charge in [0.1, 0.15) is 11.6 Å². The average molecular weight is 431 g/mol. The molecule has 3 rings (SSSR count). The van der Waals surface area contributed by atoms with Crippen LogP contribution in [0, 0.1) is 0 Å². The van der Waals surface area contributed by atoms with Crippen molar-refractivity contribution in [3.05, 3.63) is 36.5 Å². The monoisotopic (exact) mass is 430 g/mol. The third kappa shape index (κ3) is 6.07. The fraction of sp³-hybridized carbons (Fsp3) is 0.400. The summed E-state index contributed by atoms with van der Waals surface area (Å²) in [5.74, 6) is 1.21. The Hall–Kier alpha value is -2.85. The largest absolute Gasteiger partial charge is 0.484 e. The maximum absolute atomic E-state index is 12.0. The van der Waals surface area contributed by atoms with Crippen molar-refractivity contribution in [1.29, 1.82) is 0 Å². The molecule has 0 radical (unpaired) electrons. The number of carbonyl (C=O) groups excluding carboxylic acids is 1. The van der Waals surface area contributed by atoms with Crippen LogP contribution in [-0.2, 0) is 16.1 Å². The van der Waals surface area contributed by atoms with Crippen LogP contribution in [-0.4, -0.2) is 64.8 Å². The molecule has 0 fully saturated rings. The van der Waals surface area contributed by atoms with Crippen LogP contribution < -0.4 is 15.4 Å². The maximum Gasteiger partial charge on any atom is 0.258 e. The van der Waals surface area contributed by atoms with Crippen LogP contribution in [0.4, 0.5) is 5.82 Å². The van der Waals surface area contributed by atoms with Crippen LogP contribution in [0.3, 0.4) is 0 Å². The molecule has 1 amide bonds. The number of thioether (sulfide) groups is 1. The molecule has 0 aliphatic rings. The zero-order valence-corrected chi connectivity index (χ0v) is 17.9. The molecule has 160 valence electrons. The number of anilines is 1. The van der Waals surface area contributed by atoms with Crippen molar-refractivity contribution < 1.29 is 14.3 Å². The number of benzene rings is 1. The number of nitrogens with one attached hydrogen (secondary N) is 2. The molecule has 0 atom stereocenters. The molecule has 0 aliphatic carbocycles. The highest BCUT2D eigenvalue weighted by molar-refractivity contribution is 7.98. The van der Waals surface area contributed by atoms with Crippen molar-refractivity contribution >= 4 is 34.5 Å². The van der Waals surface area contributed by atoms with E-state index in [0.717, 1.165) is 16.9 Å². The first-order valence-electron chi connectivity index (χ1n) is 9.75. The molecular weight excluding hydrogens is 404 g/mol. The van der Waals surface area contributed by atoms with E-state index in [1.165, 1.54) is 11.8 Å². The number of carbonyl (C=O) groups is 1. The number of aromatic nitrogens is 4. The minimum absolute atomic E-state index is 0.0312. The number of hydrogen-bond donors (Lipinski definition) is 2. The van der Waals surface area contributed by atoms with Gasteiger partial charge in [-0.2, -0.15) is 5.10 Å². The van der Waals surface area contributed by atoms with E-state index in [1.54, 1.807) is 10.9 Å². The van der Waals surface area contributed by atoms with Crippen molar-refractivity contribution in [3.8, 4) is 5.75 Å². The standard InChI is InChI=1S/C20H26N6O3S/c1-3-28-12-10-22-18-16-13-23-26(19(16)25-20(24-18)30-2)11-9-21-17(27)14-29-15-7-5-4-6-8-15/h4-8,13H,3,9-12,14H2,1-2H3,(H,21,27)(H,22,24,25). The summed E-state index contributed by atoms with van der Waals surface area (Å²) in [5.41, 5.74) is 0.725. The third-order valence-electron chi connectivity index (χ3n) is 4.16. The van der Waals surface area contributed by atoms with E-state index in [9.17, 15) is 4.79 Å². The van der Waals surface area contributed by atoms with Gasteiger partial charge >= 0.3 is 0 Å². The van der Waals surface area contributed by atoms with Gasteiger partial charge in [-0.3, -0.25) is 4.79 Å². The Morgan fingerprint density at radius 1 is 1.20 bits per heavy atom. The Kier molecular flexibility index (Phi) is 8.28. The van der Waals surface area contributed by atoms with Gasteiger partial charge in [0.25, 0.3) is 5.91 Å². The van der Waals surface area contributed by atoms with Gasteiger partial charge in [-0.05, 0) is 25.3 Å². The highest BCUT2D eigenvalue weighted by Crippen LogP contribution is 2.23. The van der Waals surface area contributed by atoms with Crippen LogP contribution >= 0.6 is 11.8 Å². The fourth-order valence-corrected chi connectivity index (χ4v) is 3.09. The first-order chi connectivity index (χ1) is 14.7. The molecule has 3 aromatic rings. The summed E-state index contributed by atoms with van der Waals surface area (Å²) < 4.78 is 12.6. The summed E-state index contributed by atoms with van der Waals surface area (Å²) in [6.07, 6.45) is 3.67. The number of amides is 1. The lowest BCUT2D eigenvalue weighted by Crippen LogP contribution is -2.31. The quantitative estimate of drug-likeness (QED) is 0.256. The minimum Gasteiger partial charge on any atom is -0.484 e. The van der Waals surface area contributed by atoms with Crippen LogP contribution in [0.2, 0.25) is 0 Å². The molecule has 0 bridgehead atoms. The van der Waals surface area contributed by atoms with Crippen LogP contribution in [0.1, 0.15) is 6.92 Å². The van der Waals surface area contributed by atoms with E-state index < -0.39 is 0 Å². The Labute approximate surface area is 179 Å². The Morgan fingerprint density at radius 3 is 2.80 bits per heavy atom. The summed E-state index contributed by atoms with van der Waals surface area (Å²) in [6, 6.07) is 9.24. The van der Waals surface area contributed by atoms with Gasteiger partial charge in [0.2, 0.25) is 0 Å². The second-order valence-electron chi connectivity index (χ2n) is 6.24. The lowest BCUT2D eigenvalue weighted by atomic mass is 10.3. The number of ether oxygens (including phenoxy) is 2. The van der Waals surface area contributed by atoms with Gasteiger partial charge in [0, 0.05) is 19.7 Å². The molecule has 0 saturated heterocycles. The fourth-order valence-electron chi connectivity index (χ4n) is 2.73. The van der Waals surface area contributed by atoms with Gasteiger partial charge in [-0.25, -0.2) is 14.6 Å². The molecule has 2 N–H and O–H groups in total. The lowest BCUT2D eigenvalue weighted by Gasteiger charge is -2.10. The number of nitrogens with zero attached hydrogens (tertiary/aromatic N) is 4. The average Bonchev–Trinajstić information content (AvgIpc) is 3.19. The molecule has 0 aliphatic heterocycles. The molecule has 2 aromatic heterocycles. The van der Waals surface area contributed by atoms with Crippen molar-refractivity contribution in [1.82, 2.24) is 25.1 Å². The summed E-state index contributed by atoms with van der Waals surface area (Å²) in [4.78, 5) is 21.1. The predicted octanol–water partition coefficient (Wildman–Crippen LogP) is 2.19. The molecule has 0 spiro atoms. The minimum atomic E-state index is -0.187. The number of hydrogen-bond acceptors (Lipinski definition) is 8. The van der Waals surface area contributed by atoms with Gasteiger partial charge in [0.05, 0.1) is 24.7 Å². The molecule has 9 nitrogen and oxygen atoms in total. The van der Waals surface area contributed by atoms with Crippen LogP contribution in [0.15, 0.2) is 41.7 Å². The van der Waals surface area contributed by atoms with E-state index in [1.807, 2.05) is 43.5 Å². The first kappa shape index (κ1) is 21.8. The lowest BCUT2D eigenvalue weighted by molar-refractivity contribution is -0.123. The van der Waals surface area contributed by atoms with Crippen molar-refractivity contribution in [2.75, 3.05) is 44.5 Å². The second-order valence-corrected chi connectivity index (χ2v) is 7.01. The third-order valence-corrected chi connectivity index (χ3v) is 4.71. The highest BCUT2D eigenvalue weighted by Gasteiger charge is 2.13. The van der Waals surface area contributed by atoms with Crippen molar-refractivity contribution in [3.63, 3.8) is 0 Å². The predicted molar refractivity (Wildman–Crippen MR) is 117 cm³/mol. The zero-order chi connectivity index (χ0) is 21.2. The van der Waals surface area contributed by atoms with Gasteiger partial charge in [-0.15, -0.1) is 0 Å². The van der Waals surface area contributed by atoms with E-state index in [4.69, 9.17) is 9.47 Å². The van der Waals surface area contributed by atoms with E-state index in [2.05, 4.69) is 25.7 Å². The van der Waals surface area contributed by atoms with Gasteiger partial charge in [0.15, 0.2) is 17.4 Å². The van der Waals surface area contributed by atoms with E-state index in [-0.39, 0.29) is 12.5 Å². The summed E-state index contributed by atoms with van der Waals surface area (Å²) in [7, 11) is 0. The van der Waals surface area contributed by atoms with Crippen molar-refractivity contribution in [2.45, 2.75) is 18.6 Å². The smallest absolute Gasteiger partial charge is 0.258 e. The number of fused-ring (bicyclic) bond motifs is 1. The maximum atomic E-state index is 12.0. The molecular formula is C20H26N6O3S. The zero-order valence-electron chi connectivity index (χ0n) is 17.1. The summed E-state index contributed by atoms with van der Waals surface area (Å²) in [6.45, 7) is 4.76. The van der Waals surface area contributed by atoms with Crippen molar-refractivity contribution in [2.24, 2.45) is 0 Å². The van der Waals surface area contributed by atoms with E-state index in [0.29, 0.717) is 43.8 Å². The number of para-hydroxylation sites is 1. The topological polar surface area (TPSA) is 103 Å². The Balaban J connectivity index is 1.57. The Morgan fingerprint density at radius 2 is 2.03 bits per heavy atom. The highest BCUT2D eigenvalue weighted by atomic mass is 32.2. The number of rotatable bonds is 12. The summed E-state index contributed by atoms with van der Waals surface area (Å²) >= 11 is 1.47. The van der Waals surface area contributed by atoms with Crippen LogP contribution in [0.25, 0.3) is 11.0 Å². The summed E-state index contributed by atoms with van der Waals surface area (Å²) in [5, 5.41) is 12.0. The van der Waals surface area contributed by atoms with Gasteiger partial charge in [-0.1, -0.05) is 30.0 Å². The normalized spacial score (nSPS) is 10.9. The van der Waals surface area contributed by atoms with Crippen LogP contribution in [0.5, 0.6) is 5.75 Å². The molecule has 0 saturated carbocycles. The molecule has 10 heteroatoms. The first-order valence-corrected chi connectivity index (χ1v) is 11.0. The van der Waals surface area contributed by atoms with E-state index >= 15 is 0 Å². The molecule has 2 heterocycles. The molecule has 30 heavy (non-hydrogen) atoms. The SMILES string of the molecule is CCOCCNc1nc(SC)nc2c1cnn2CCNC(=O)COc1ccccc1. The molecule has 0 unspecified atom stereocenters. The molecule has 1 aromatic carbocycles. The Bertz CT molecular complexity index is 950. The van der Waals surface area contributed by atoms with Gasteiger partial charge < -0.3 is 20.1 Å².